The van der Waals surface area contributed by atoms with E-state index in [1.807, 2.05) is 0 Å². The summed E-state index contributed by atoms with van der Waals surface area (Å²) in [5.74, 6) is -1.54. The minimum absolute atomic E-state index is 0.0813. The number of carboxylic acids is 1. The van der Waals surface area contributed by atoms with Crippen molar-refractivity contribution in [1.82, 2.24) is 9.78 Å². The van der Waals surface area contributed by atoms with Crippen LogP contribution in [0.4, 0.5) is 23.2 Å². The second kappa shape index (κ2) is 9.18. The number of hydrogen-bond donors (Lipinski definition) is 2. The Bertz CT molecular complexity index is 1350. The van der Waals surface area contributed by atoms with E-state index in [-0.39, 0.29) is 17.8 Å². The molecule has 0 radical (unpaired) electrons. The van der Waals surface area contributed by atoms with Crippen molar-refractivity contribution >= 4 is 23.3 Å². The molecule has 0 amide bonds. The number of aromatic nitrogens is 2. The van der Waals surface area contributed by atoms with Gasteiger partial charge in [-0.25, -0.2) is 13.9 Å². The molecule has 0 aliphatic carbocycles. The summed E-state index contributed by atoms with van der Waals surface area (Å²) in [7, 11) is 0. The van der Waals surface area contributed by atoms with Crippen LogP contribution in [0.2, 0.25) is 5.02 Å². The fraction of sp³-hybridized carbons (Fsp3) is 0.0833. The van der Waals surface area contributed by atoms with E-state index in [9.17, 15) is 22.4 Å². The first-order valence-electron chi connectivity index (χ1n) is 9.90. The first-order chi connectivity index (χ1) is 16.1. The Morgan fingerprint density at radius 1 is 1.06 bits per heavy atom. The van der Waals surface area contributed by atoms with Gasteiger partial charge in [0.05, 0.1) is 27.5 Å². The lowest BCUT2D eigenvalue weighted by Gasteiger charge is -2.12. The van der Waals surface area contributed by atoms with E-state index in [0.29, 0.717) is 22.5 Å². The van der Waals surface area contributed by atoms with E-state index in [4.69, 9.17) is 16.7 Å². The summed E-state index contributed by atoms with van der Waals surface area (Å²) < 4.78 is 54.9. The molecule has 34 heavy (non-hydrogen) atoms. The average molecular weight is 490 g/mol. The molecule has 0 spiro atoms. The molecule has 2 N–H and O–H groups in total. The normalized spacial score (nSPS) is 11.4. The van der Waals surface area contributed by atoms with Crippen molar-refractivity contribution < 1.29 is 27.5 Å². The van der Waals surface area contributed by atoms with Gasteiger partial charge in [0, 0.05) is 29.6 Å². The smallest absolute Gasteiger partial charge is 0.417 e. The van der Waals surface area contributed by atoms with E-state index in [1.165, 1.54) is 41.1 Å². The summed E-state index contributed by atoms with van der Waals surface area (Å²) in [6.07, 6.45) is -2.96. The van der Waals surface area contributed by atoms with Crippen LogP contribution < -0.4 is 5.32 Å². The summed E-state index contributed by atoms with van der Waals surface area (Å²) in [5.41, 5.74) is 1.37. The molecule has 0 bridgehead atoms. The number of aromatic carboxylic acids is 1. The van der Waals surface area contributed by atoms with Gasteiger partial charge >= 0.3 is 12.1 Å². The Hall–Kier alpha value is -3.85. The molecule has 0 aliphatic rings. The zero-order chi connectivity index (χ0) is 24.5. The summed E-state index contributed by atoms with van der Waals surface area (Å²) in [4.78, 5) is 11.1. The summed E-state index contributed by atoms with van der Waals surface area (Å²) in [5, 5.41) is 16.1. The number of carbonyl (C=O) groups is 1. The number of benzene rings is 3. The van der Waals surface area contributed by atoms with Crippen LogP contribution in [0.1, 0.15) is 21.5 Å². The van der Waals surface area contributed by atoms with Crippen LogP contribution in [0.25, 0.3) is 16.9 Å². The summed E-state index contributed by atoms with van der Waals surface area (Å²) in [6, 6.07) is 15.3. The topological polar surface area (TPSA) is 67.2 Å². The molecule has 174 valence electrons. The van der Waals surface area contributed by atoms with Crippen LogP contribution >= 0.6 is 11.6 Å². The SMILES string of the molecule is O=C(O)c1ccc(-n2cc(CNc3ccc(Cl)c(C(F)(F)F)c3)c(-c3cccc(F)c3)n2)cc1. The van der Waals surface area contributed by atoms with Crippen LogP contribution in [0.3, 0.4) is 0 Å². The Morgan fingerprint density at radius 3 is 2.44 bits per heavy atom. The predicted octanol–water partition coefficient (Wildman–Crippen LogP) is 6.66. The second-order valence-electron chi connectivity index (χ2n) is 7.36. The number of nitrogens with one attached hydrogen (secondary N) is 1. The van der Waals surface area contributed by atoms with E-state index in [2.05, 4.69) is 10.4 Å². The zero-order valence-electron chi connectivity index (χ0n) is 17.3. The molecule has 4 rings (SSSR count). The maximum atomic E-state index is 13.9. The van der Waals surface area contributed by atoms with Gasteiger partial charge in [-0.15, -0.1) is 0 Å². The van der Waals surface area contributed by atoms with Crippen molar-refractivity contribution in [3.63, 3.8) is 0 Å². The first-order valence-corrected chi connectivity index (χ1v) is 10.3. The van der Waals surface area contributed by atoms with Gasteiger partial charge in [-0.05, 0) is 54.6 Å². The highest BCUT2D eigenvalue weighted by atomic mass is 35.5. The molecule has 0 atom stereocenters. The molecule has 1 aromatic heterocycles. The molecule has 0 saturated heterocycles. The molecule has 3 aromatic carbocycles. The van der Waals surface area contributed by atoms with Crippen LogP contribution in [-0.4, -0.2) is 20.9 Å². The average Bonchev–Trinajstić information content (AvgIpc) is 3.22. The standard InChI is InChI=1S/C24H16ClF4N3O2/c25-21-9-6-18(11-20(21)24(27,28)29)30-12-16-13-32(19-7-4-14(5-8-19)23(33)34)31-22(16)15-2-1-3-17(26)10-15/h1-11,13,30H,12H2,(H,33,34). The molecule has 10 heteroatoms. The highest BCUT2D eigenvalue weighted by Crippen LogP contribution is 2.36. The van der Waals surface area contributed by atoms with E-state index >= 15 is 0 Å². The molecule has 4 aromatic rings. The third kappa shape index (κ3) is 5.04. The molecule has 0 unspecified atom stereocenters. The fourth-order valence-electron chi connectivity index (χ4n) is 3.36. The van der Waals surface area contributed by atoms with Crippen molar-refractivity contribution in [3.05, 3.63) is 100 Å². The van der Waals surface area contributed by atoms with Crippen LogP contribution in [0.15, 0.2) is 72.9 Å². The molecule has 1 heterocycles. The molecule has 0 aliphatic heterocycles. The van der Waals surface area contributed by atoms with E-state index in [0.717, 1.165) is 12.1 Å². The van der Waals surface area contributed by atoms with Crippen molar-refractivity contribution in [2.24, 2.45) is 0 Å². The maximum absolute atomic E-state index is 13.9. The minimum atomic E-state index is -4.60. The van der Waals surface area contributed by atoms with Crippen molar-refractivity contribution in [1.29, 1.82) is 0 Å². The Labute approximate surface area is 196 Å². The number of carboxylic acid groups (broad SMARTS) is 1. The highest BCUT2D eigenvalue weighted by Gasteiger charge is 2.33. The van der Waals surface area contributed by atoms with Gasteiger partial charge < -0.3 is 10.4 Å². The van der Waals surface area contributed by atoms with Gasteiger partial charge in [-0.2, -0.15) is 18.3 Å². The highest BCUT2D eigenvalue weighted by molar-refractivity contribution is 6.31. The molecule has 0 saturated carbocycles. The van der Waals surface area contributed by atoms with Gasteiger partial charge in [0.1, 0.15) is 5.82 Å². The molecular weight excluding hydrogens is 474 g/mol. The monoisotopic (exact) mass is 489 g/mol. The second-order valence-corrected chi connectivity index (χ2v) is 7.76. The number of alkyl halides is 3. The number of nitrogens with zero attached hydrogens (tertiary/aromatic N) is 2. The lowest BCUT2D eigenvalue weighted by atomic mass is 10.1. The van der Waals surface area contributed by atoms with Crippen LogP contribution in [-0.2, 0) is 12.7 Å². The molecular formula is C24H16ClF4N3O2. The largest absolute Gasteiger partial charge is 0.478 e. The van der Waals surface area contributed by atoms with Gasteiger partial charge in [-0.3, -0.25) is 0 Å². The lowest BCUT2D eigenvalue weighted by Crippen LogP contribution is -2.07. The van der Waals surface area contributed by atoms with Crippen molar-refractivity contribution in [2.45, 2.75) is 12.7 Å². The van der Waals surface area contributed by atoms with Crippen LogP contribution in [0.5, 0.6) is 0 Å². The van der Waals surface area contributed by atoms with Gasteiger partial charge in [0.2, 0.25) is 0 Å². The minimum Gasteiger partial charge on any atom is -0.478 e. The Morgan fingerprint density at radius 2 is 1.79 bits per heavy atom. The fourth-order valence-corrected chi connectivity index (χ4v) is 3.58. The maximum Gasteiger partial charge on any atom is 0.417 e. The van der Waals surface area contributed by atoms with Crippen LogP contribution in [0, 0.1) is 5.82 Å². The lowest BCUT2D eigenvalue weighted by molar-refractivity contribution is -0.137. The molecule has 0 fully saturated rings. The summed E-state index contributed by atoms with van der Waals surface area (Å²) in [6.45, 7) is 0.0813. The number of anilines is 1. The van der Waals surface area contributed by atoms with Crippen molar-refractivity contribution in [2.75, 3.05) is 5.32 Å². The zero-order valence-corrected chi connectivity index (χ0v) is 18.0. The van der Waals surface area contributed by atoms with E-state index < -0.39 is 28.5 Å². The predicted molar refractivity (Wildman–Crippen MR) is 120 cm³/mol. The third-order valence-electron chi connectivity index (χ3n) is 5.02. The van der Waals surface area contributed by atoms with Gasteiger partial charge in [0.25, 0.3) is 0 Å². The quantitative estimate of drug-likeness (QED) is 0.297. The first kappa shape index (κ1) is 23.3. The third-order valence-corrected chi connectivity index (χ3v) is 5.35. The van der Waals surface area contributed by atoms with Gasteiger partial charge in [0.15, 0.2) is 0 Å². The number of hydrogen-bond acceptors (Lipinski definition) is 3. The molecule has 5 nitrogen and oxygen atoms in total. The summed E-state index contributed by atoms with van der Waals surface area (Å²) >= 11 is 5.69. The Balaban J connectivity index is 1.69. The van der Waals surface area contributed by atoms with Gasteiger partial charge in [-0.1, -0.05) is 23.7 Å². The number of halogens is 5. The number of rotatable bonds is 6. The Kier molecular flexibility index (Phi) is 6.30. The van der Waals surface area contributed by atoms with Crippen molar-refractivity contribution in [3.8, 4) is 16.9 Å². The van der Waals surface area contributed by atoms with E-state index in [1.54, 1.807) is 24.4 Å².